The Bertz CT molecular complexity index is 399. The number of rotatable bonds is 8. The number of nitrogens with two attached hydrogens (primary N) is 1. The number of nitrogens with one attached hydrogen (secondary N) is 1. The Morgan fingerprint density at radius 1 is 1.29 bits per heavy atom. The lowest BCUT2D eigenvalue weighted by Gasteiger charge is -2.24. The molecule has 0 aliphatic carbocycles. The first-order valence-electron chi connectivity index (χ1n) is 6.76. The zero-order chi connectivity index (χ0) is 16.5. The summed E-state index contributed by atoms with van der Waals surface area (Å²) in [6.07, 6.45) is 2.67. The van der Waals surface area contributed by atoms with Crippen molar-refractivity contribution in [1.29, 1.82) is 0 Å². The van der Waals surface area contributed by atoms with E-state index in [1.165, 1.54) is 6.20 Å². The number of hydrogen-bond donors (Lipinski definition) is 2. The fourth-order valence-corrected chi connectivity index (χ4v) is 1.35. The summed E-state index contributed by atoms with van der Waals surface area (Å²) in [5.41, 5.74) is 4.43. The zero-order valence-corrected chi connectivity index (χ0v) is 13.0. The van der Waals surface area contributed by atoms with Crippen molar-refractivity contribution in [3.05, 3.63) is 12.3 Å². The first-order valence-corrected chi connectivity index (χ1v) is 6.76. The average molecular weight is 300 g/mol. The molecule has 0 heterocycles. The van der Waals surface area contributed by atoms with Crippen LogP contribution in [0.2, 0.25) is 0 Å². The van der Waals surface area contributed by atoms with Gasteiger partial charge in [0.25, 0.3) is 0 Å². The van der Waals surface area contributed by atoms with Crippen LogP contribution in [0.15, 0.2) is 12.3 Å². The molecule has 0 fully saturated rings. The Labute approximate surface area is 124 Å². The van der Waals surface area contributed by atoms with Crippen LogP contribution in [0.25, 0.3) is 0 Å². The minimum absolute atomic E-state index is 0.0319. The van der Waals surface area contributed by atoms with Crippen molar-refractivity contribution in [2.24, 2.45) is 5.73 Å². The van der Waals surface area contributed by atoms with E-state index in [0.29, 0.717) is 0 Å². The summed E-state index contributed by atoms with van der Waals surface area (Å²) in [6.45, 7) is 7.18. The molecule has 0 bridgehead atoms. The van der Waals surface area contributed by atoms with Crippen molar-refractivity contribution in [1.82, 2.24) is 5.32 Å². The van der Waals surface area contributed by atoms with Gasteiger partial charge >= 0.3 is 11.9 Å². The van der Waals surface area contributed by atoms with E-state index in [0.717, 1.165) is 6.08 Å². The maximum Gasteiger partial charge on any atom is 0.332 e. The molecule has 7 heteroatoms. The van der Waals surface area contributed by atoms with E-state index in [4.69, 9.17) is 15.2 Å². The Morgan fingerprint density at radius 2 is 1.90 bits per heavy atom. The standard InChI is InChI=1S/C14H24N2O5/c1-5-20-12(18)8-9-16-10(6-7-11(15)17)13(19)21-14(2,3)4/h8-10,16H,5-7H2,1-4H3,(H2,15,17)/b9-8+/t10-/m0/s1. The maximum absolute atomic E-state index is 12.0. The van der Waals surface area contributed by atoms with E-state index >= 15 is 0 Å². The van der Waals surface area contributed by atoms with Crippen LogP contribution in [0.1, 0.15) is 40.5 Å². The second-order valence-electron chi connectivity index (χ2n) is 5.34. The van der Waals surface area contributed by atoms with E-state index in [2.05, 4.69) is 5.32 Å². The van der Waals surface area contributed by atoms with Gasteiger partial charge in [-0.05, 0) is 34.1 Å². The molecule has 0 aliphatic heterocycles. The molecule has 7 nitrogen and oxygen atoms in total. The third kappa shape index (κ3) is 10.4. The largest absolute Gasteiger partial charge is 0.463 e. The average Bonchev–Trinajstić information content (AvgIpc) is 2.31. The van der Waals surface area contributed by atoms with Gasteiger partial charge in [-0.3, -0.25) is 4.79 Å². The lowest BCUT2D eigenvalue weighted by molar-refractivity contribution is -0.157. The molecule has 0 aliphatic rings. The molecule has 0 rings (SSSR count). The van der Waals surface area contributed by atoms with Crippen molar-refractivity contribution in [3.8, 4) is 0 Å². The van der Waals surface area contributed by atoms with Crippen LogP contribution in [-0.2, 0) is 23.9 Å². The quantitative estimate of drug-likeness (QED) is 0.503. The molecule has 0 saturated carbocycles. The molecule has 3 N–H and O–H groups in total. The van der Waals surface area contributed by atoms with Gasteiger partial charge in [-0.1, -0.05) is 0 Å². The van der Waals surface area contributed by atoms with Crippen LogP contribution in [0, 0.1) is 0 Å². The molecule has 120 valence electrons. The normalized spacial score (nSPS) is 12.8. The minimum Gasteiger partial charge on any atom is -0.463 e. The molecule has 1 atom stereocenters. The summed E-state index contributed by atoms with van der Waals surface area (Å²) in [6, 6.07) is -0.762. The lowest BCUT2D eigenvalue weighted by Crippen LogP contribution is -2.39. The van der Waals surface area contributed by atoms with E-state index in [1.807, 2.05) is 0 Å². The number of hydrogen-bond acceptors (Lipinski definition) is 6. The van der Waals surface area contributed by atoms with Gasteiger partial charge < -0.3 is 20.5 Å². The molecule has 0 aromatic carbocycles. The molecule has 0 spiro atoms. The Morgan fingerprint density at radius 3 is 2.38 bits per heavy atom. The topological polar surface area (TPSA) is 108 Å². The molecule has 0 radical (unpaired) electrons. The van der Waals surface area contributed by atoms with E-state index in [9.17, 15) is 14.4 Å². The molecule has 0 aromatic heterocycles. The van der Waals surface area contributed by atoms with Crippen LogP contribution in [0.5, 0.6) is 0 Å². The van der Waals surface area contributed by atoms with Crippen LogP contribution < -0.4 is 11.1 Å². The van der Waals surface area contributed by atoms with Gasteiger partial charge in [0.05, 0.1) is 6.61 Å². The Hall–Kier alpha value is -2.05. The highest BCUT2D eigenvalue weighted by Gasteiger charge is 2.24. The third-order valence-corrected chi connectivity index (χ3v) is 2.17. The number of carbonyl (C=O) groups is 3. The number of esters is 2. The first kappa shape index (κ1) is 18.9. The highest BCUT2D eigenvalue weighted by atomic mass is 16.6. The number of ether oxygens (including phenoxy) is 2. The summed E-state index contributed by atoms with van der Waals surface area (Å²) in [5, 5.41) is 2.72. The molecule has 0 saturated heterocycles. The number of carbonyl (C=O) groups excluding carboxylic acids is 3. The third-order valence-electron chi connectivity index (χ3n) is 2.17. The van der Waals surface area contributed by atoms with Crippen LogP contribution in [0.3, 0.4) is 0 Å². The highest BCUT2D eigenvalue weighted by molar-refractivity contribution is 5.82. The fraction of sp³-hybridized carbons (Fsp3) is 0.643. The summed E-state index contributed by atoms with van der Waals surface area (Å²) in [7, 11) is 0. The monoisotopic (exact) mass is 300 g/mol. The van der Waals surface area contributed by atoms with Crippen LogP contribution in [0.4, 0.5) is 0 Å². The summed E-state index contributed by atoms with van der Waals surface area (Å²) >= 11 is 0. The molecule has 0 unspecified atom stereocenters. The van der Waals surface area contributed by atoms with E-state index < -0.39 is 29.5 Å². The number of primary amides is 1. The van der Waals surface area contributed by atoms with Crippen LogP contribution >= 0.6 is 0 Å². The molecular formula is C14H24N2O5. The summed E-state index contributed by atoms with van der Waals surface area (Å²) < 4.78 is 9.94. The highest BCUT2D eigenvalue weighted by Crippen LogP contribution is 2.10. The molecule has 1 amide bonds. The van der Waals surface area contributed by atoms with Gasteiger partial charge in [0.2, 0.25) is 5.91 Å². The predicted octanol–water partition coefficient (Wildman–Crippen LogP) is 0.629. The maximum atomic E-state index is 12.0. The van der Waals surface area contributed by atoms with Gasteiger partial charge in [0.15, 0.2) is 0 Å². The van der Waals surface area contributed by atoms with Crippen molar-refractivity contribution in [2.75, 3.05) is 6.61 Å². The smallest absolute Gasteiger partial charge is 0.332 e. The van der Waals surface area contributed by atoms with Gasteiger partial charge in [0.1, 0.15) is 11.6 Å². The number of amides is 1. The second kappa shape index (κ2) is 8.99. The summed E-state index contributed by atoms with van der Waals surface area (Å²) in [5.74, 6) is -1.56. The SMILES string of the molecule is CCOC(=O)/C=C/N[C@@H](CCC(N)=O)C(=O)OC(C)(C)C. The van der Waals surface area contributed by atoms with E-state index in [-0.39, 0.29) is 19.4 Å². The zero-order valence-electron chi connectivity index (χ0n) is 13.0. The Kier molecular flexibility index (Phi) is 8.11. The van der Waals surface area contributed by atoms with Gasteiger partial charge in [-0.15, -0.1) is 0 Å². The van der Waals surface area contributed by atoms with Gasteiger partial charge in [-0.2, -0.15) is 0 Å². The lowest BCUT2D eigenvalue weighted by atomic mass is 10.1. The second-order valence-corrected chi connectivity index (χ2v) is 5.34. The Balaban J connectivity index is 4.62. The van der Waals surface area contributed by atoms with Gasteiger partial charge in [-0.25, -0.2) is 9.59 Å². The van der Waals surface area contributed by atoms with Crippen molar-refractivity contribution < 1.29 is 23.9 Å². The molecular weight excluding hydrogens is 276 g/mol. The fourth-order valence-electron chi connectivity index (χ4n) is 1.35. The van der Waals surface area contributed by atoms with Crippen molar-refractivity contribution >= 4 is 17.8 Å². The van der Waals surface area contributed by atoms with Gasteiger partial charge in [0, 0.05) is 18.7 Å². The predicted molar refractivity (Wildman–Crippen MR) is 77.0 cm³/mol. The first-order chi connectivity index (χ1) is 9.65. The molecule has 0 aromatic rings. The van der Waals surface area contributed by atoms with Crippen molar-refractivity contribution in [2.45, 2.75) is 52.2 Å². The minimum atomic E-state index is -0.762. The van der Waals surface area contributed by atoms with Crippen molar-refractivity contribution in [3.63, 3.8) is 0 Å². The summed E-state index contributed by atoms with van der Waals surface area (Å²) in [4.78, 5) is 34.0. The molecule has 21 heavy (non-hydrogen) atoms. The van der Waals surface area contributed by atoms with Crippen LogP contribution in [-0.4, -0.2) is 36.1 Å². The van der Waals surface area contributed by atoms with E-state index in [1.54, 1.807) is 27.7 Å².